The van der Waals surface area contributed by atoms with Gasteiger partial charge in [-0.3, -0.25) is 0 Å². The Bertz CT molecular complexity index is 142. The summed E-state index contributed by atoms with van der Waals surface area (Å²) in [5.41, 5.74) is 1.41. The Balaban J connectivity index is 2.76. The van der Waals surface area contributed by atoms with Gasteiger partial charge in [0, 0.05) is 0 Å². The molecule has 0 N–H and O–H groups in total. The lowest BCUT2D eigenvalue weighted by Crippen LogP contribution is -1.83. The van der Waals surface area contributed by atoms with Crippen LogP contribution in [0.5, 0.6) is 0 Å². The summed E-state index contributed by atoms with van der Waals surface area (Å²) < 4.78 is 1.46. The molecule has 0 aromatic heterocycles. The minimum atomic E-state index is 1.13. The summed E-state index contributed by atoms with van der Waals surface area (Å²) in [6.45, 7) is 2.14. The molecule has 43 valence electrons. The maximum Gasteiger partial charge on any atom is -0.00589 e. The SMILES string of the molecule is CC1=C(I)C[CH]C=C1. The highest BCUT2D eigenvalue weighted by Gasteiger charge is 1.98. The van der Waals surface area contributed by atoms with Crippen LogP contribution in [0, 0.1) is 6.42 Å². The summed E-state index contributed by atoms with van der Waals surface area (Å²) >= 11 is 2.38. The van der Waals surface area contributed by atoms with Crippen molar-refractivity contribution in [3.8, 4) is 0 Å². The summed E-state index contributed by atoms with van der Waals surface area (Å²) in [7, 11) is 0. The van der Waals surface area contributed by atoms with E-state index in [1.165, 1.54) is 9.15 Å². The van der Waals surface area contributed by atoms with Gasteiger partial charge >= 0.3 is 0 Å². The lowest BCUT2D eigenvalue weighted by molar-refractivity contribution is 1.21. The molecular weight excluding hydrogens is 211 g/mol. The summed E-state index contributed by atoms with van der Waals surface area (Å²) in [4.78, 5) is 0. The van der Waals surface area contributed by atoms with Gasteiger partial charge in [0.1, 0.15) is 0 Å². The van der Waals surface area contributed by atoms with Crippen molar-refractivity contribution < 1.29 is 0 Å². The zero-order chi connectivity index (χ0) is 5.98. The van der Waals surface area contributed by atoms with Crippen molar-refractivity contribution in [2.45, 2.75) is 13.3 Å². The van der Waals surface area contributed by atoms with Crippen LogP contribution in [-0.2, 0) is 0 Å². The fourth-order valence-corrected chi connectivity index (χ4v) is 1.07. The molecule has 0 aliphatic heterocycles. The van der Waals surface area contributed by atoms with E-state index in [-0.39, 0.29) is 0 Å². The normalized spacial score (nSPS) is 19.8. The fourth-order valence-electron chi connectivity index (χ4n) is 0.635. The standard InChI is InChI=1S/C7H8I/c1-6-4-2-3-5-7(6)8/h2-4H,5H2,1H3. The Morgan fingerprint density at radius 2 is 2.38 bits per heavy atom. The number of rotatable bonds is 0. The monoisotopic (exact) mass is 219 g/mol. The molecule has 1 heteroatoms. The molecule has 0 nitrogen and oxygen atoms in total. The highest BCUT2D eigenvalue weighted by atomic mass is 127. The van der Waals surface area contributed by atoms with Crippen molar-refractivity contribution in [1.82, 2.24) is 0 Å². The minimum absolute atomic E-state index is 1.13. The second kappa shape index (κ2) is 2.67. The van der Waals surface area contributed by atoms with Crippen LogP contribution in [0.15, 0.2) is 21.3 Å². The third-order valence-corrected chi connectivity index (χ3v) is 2.50. The van der Waals surface area contributed by atoms with Gasteiger partial charge in [-0.15, -0.1) is 0 Å². The maximum atomic E-state index is 2.38. The van der Waals surface area contributed by atoms with Crippen molar-refractivity contribution >= 4 is 22.6 Å². The van der Waals surface area contributed by atoms with Crippen LogP contribution in [0.1, 0.15) is 13.3 Å². The molecule has 0 fully saturated rings. The molecule has 1 aliphatic carbocycles. The number of hydrogen-bond acceptors (Lipinski definition) is 0. The lowest BCUT2D eigenvalue weighted by atomic mass is 10.1. The molecule has 1 rings (SSSR count). The molecule has 0 heterocycles. The van der Waals surface area contributed by atoms with Crippen LogP contribution >= 0.6 is 22.6 Å². The number of allylic oxidation sites excluding steroid dienone is 4. The molecule has 1 radical (unpaired) electrons. The van der Waals surface area contributed by atoms with Crippen LogP contribution < -0.4 is 0 Å². The van der Waals surface area contributed by atoms with Crippen molar-refractivity contribution in [2.75, 3.05) is 0 Å². The molecule has 0 unspecified atom stereocenters. The first-order valence-electron chi connectivity index (χ1n) is 2.66. The largest absolute Gasteiger partial charge is 0.0802 e. The van der Waals surface area contributed by atoms with Crippen LogP contribution in [0.2, 0.25) is 0 Å². The van der Waals surface area contributed by atoms with Crippen LogP contribution in [-0.4, -0.2) is 0 Å². The van der Waals surface area contributed by atoms with Crippen LogP contribution in [0.25, 0.3) is 0 Å². The Morgan fingerprint density at radius 1 is 1.62 bits per heavy atom. The third kappa shape index (κ3) is 1.34. The summed E-state index contributed by atoms with van der Waals surface area (Å²) in [6, 6.07) is 0. The van der Waals surface area contributed by atoms with Gasteiger partial charge in [-0.2, -0.15) is 0 Å². The predicted octanol–water partition coefficient (Wildman–Crippen LogP) is 2.86. The van der Waals surface area contributed by atoms with Crippen molar-refractivity contribution in [2.24, 2.45) is 0 Å². The van der Waals surface area contributed by atoms with E-state index in [9.17, 15) is 0 Å². The van der Waals surface area contributed by atoms with E-state index in [0.717, 1.165) is 6.42 Å². The minimum Gasteiger partial charge on any atom is -0.0802 e. The molecule has 8 heavy (non-hydrogen) atoms. The molecule has 1 aliphatic rings. The van der Waals surface area contributed by atoms with Gasteiger partial charge in [0.2, 0.25) is 0 Å². The van der Waals surface area contributed by atoms with E-state index in [1.54, 1.807) is 0 Å². The first-order valence-corrected chi connectivity index (χ1v) is 3.73. The summed E-state index contributed by atoms with van der Waals surface area (Å²) in [6.07, 6.45) is 7.56. The second-order valence-electron chi connectivity index (χ2n) is 1.89. The van der Waals surface area contributed by atoms with E-state index >= 15 is 0 Å². The van der Waals surface area contributed by atoms with Gasteiger partial charge in [-0.25, -0.2) is 0 Å². The average molecular weight is 219 g/mol. The molecular formula is C7H8I. The second-order valence-corrected chi connectivity index (χ2v) is 3.19. The lowest BCUT2D eigenvalue weighted by Gasteiger charge is -2.04. The van der Waals surface area contributed by atoms with Gasteiger partial charge in [0.05, 0.1) is 0 Å². The Kier molecular flexibility index (Phi) is 2.11. The summed E-state index contributed by atoms with van der Waals surface area (Å²) in [5, 5.41) is 0. The first-order chi connectivity index (χ1) is 3.80. The molecule has 0 aromatic carbocycles. The fraction of sp³-hybridized carbons (Fsp3) is 0.286. The van der Waals surface area contributed by atoms with E-state index in [2.05, 4.69) is 48.1 Å². The summed E-state index contributed by atoms with van der Waals surface area (Å²) in [5.74, 6) is 0. The quantitative estimate of drug-likeness (QED) is 0.549. The van der Waals surface area contributed by atoms with Crippen molar-refractivity contribution in [1.29, 1.82) is 0 Å². The molecule has 0 aromatic rings. The van der Waals surface area contributed by atoms with E-state index in [0.29, 0.717) is 0 Å². The van der Waals surface area contributed by atoms with E-state index < -0.39 is 0 Å². The van der Waals surface area contributed by atoms with Crippen LogP contribution in [0.4, 0.5) is 0 Å². The molecule has 0 saturated carbocycles. The van der Waals surface area contributed by atoms with Gasteiger partial charge in [0.25, 0.3) is 0 Å². The Morgan fingerprint density at radius 3 is 2.75 bits per heavy atom. The van der Waals surface area contributed by atoms with E-state index in [4.69, 9.17) is 0 Å². The number of hydrogen-bond donors (Lipinski definition) is 0. The molecule has 0 spiro atoms. The van der Waals surface area contributed by atoms with Crippen molar-refractivity contribution in [3.05, 3.63) is 27.7 Å². The Hall–Kier alpha value is 0.210. The zero-order valence-electron chi connectivity index (χ0n) is 4.82. The highest BCUT2D eigenvalue weighted by Crippen LogP contribution is 2.22. The third-order valence-electron chi connectivity index (χ3n) is 1.21. The molecule has 0 atom stereocenters. The predicted molar refractivity (Wildman–Crippen MR) is 44.8 cm³/mol. The van der Waals surface area contributed by atoms with Gasteiger partial charge in [-0.05, 0) is 51.5 Å². The van der Waals surface area contributed by atoms with Gasteiger partial charge in [-0.1, -0.05) is 12.2 Å². The highest BCUT2D eigenvalue weighted by molar-refractivity contribution is 14.1. The Labute approximate surface area is 63.8 Å². The van der Waals surface area contributed by atoms with Gasteiger partial charge in [0.15, 0.2) is 0 Å². The van der Waals surface area contributed by atoms with E-state index in [1.807, 2.05) is 0 Å². The topological polar surface area (TPSA) is 0 Å². The molecule has 0 saturated heterocycles. The first kappa shape index (κ1) is 6.33. The van der Waals surface area contributed by atoms with Crippen LogP contribution in [0.3, 0.4) is 0 Å². The smallest absolute Gasteiger partial charge is 0.00589 e. The average Bonchev–Trinajstić information content (AvgIpc) is 1.77. The zero-order valence-corrected chi connectivity index (χ0v) is 6.97. The maximum absolute atomic E-state index is 2.38. The van der Waals surface area contributed by atoms with Crippen molar-refractivity contribution in [3.63, 3.8) is 0 Å². The molecule has 0 amide bonds. The number of halogens is 1. The van der Waals surface area contributed by atoms with Gasteiger partial charge < -0.3 is 0 Å². The molecule has 0 bridgehead atoms.